The first-order valence-electron chi connectivity index (χ1n) is 14.9. The van der Waals surface area contributed by atoms with Crippen LogP contribution >= 0.6 is 0 Å². The molecule has 0 radical (unpaired) electrons. The molecular weight excluding hydrogens is 616 g/mol. The number of hydrogen-bond acceptors (Lipinski definition) is 16. The van der Waals surface area contributed by atoms with Gasteiger partial charge >= 0.3 is 5.97 Å². The van der Waals surface area contributed by atoms with Crippen molar-refractivity contribution in [3.63, 3.8) is 0 Å². The van der Waals surface area contributed by atoms with E-state index in [9.17, 15) is 45.6 Å². The highest BCUT2D eigenvalue weighted by atomic mass is 16.8. The zero-order valence-corrected chi connectivity index (χ0v) is 24.5. The van der Waals surface area contributed by atoms with Gasteiger partial charge in [-0.3, -0.25) is 0 Å². The van der Waals surface area contributed by atoms with Crippen molar-refractivity contribution in [1.82, 2.24) is 0 Å². The molecule has 8 N–H and O–H groups in total. The van der Waals surface area contributed by atoms with E-state index in [2.05, 4.69) is 0 Å². The molecular formula is C30H38O16. The fourth-order valence-electron chi connectivity index (χ4n) is 6.64. The Morgan fingerprint density at radius 2 is 1.61 bits per heavy atom. The number of epoxide rings is 1. The molecule has 4 aliphatic heterocycles. The zero-order valence-electron chi connectivity index (χ0n) is 24.5. The van der Waals surface area contributed by atoms with E-state index < -0.39 is 117 Å². The van der Waals surface area contributed by atoms with Gasteiger partial charge in [-0.15, -0.1) is 0 Å². The summed E-state index contributed by atoms with van der Waals surface area (Å²) < 4.78 is 40.3. The predicted molar refractivity (Wildman–Crippen MR) is 149 cm³/mol. The van der Waals surface area contributed by atoms with Gasteiger partial charge in [-0.05, 0) is 36.8 Å². The number of rotatable bonds is 9. The molecule has 46 heavy (non-hydrogen) atoms. The molecule has 254 valence electrons. The predicted octanol–water partition coefficient (Wildman–Crippen LogP) is -2.77. The Morgan fingerprint density at radius 3 is 2.30 bits per heavy atom. The monoisotopic (exact) mass is 654 g/mol. The number of carbonyl (C=O) groups is 1. The quantitative estimate of drug-likeness (QED) is 0.0763. The van der Waals surface area contributed by atoms with Crippen LogP contribution in [0.5, 0.6) is 5.75 Å². The number of ether oxygens (including phenoxy) is 7. The molecule has 4 fully saturated rings. The number of hydrogen-bond donors (Lipinski definition) is 8. The van der Waals surface area contributed by atoms with Crippen LogP contribution in [0.2, 0.25) is 0 Å². The molecule has 0 spiro atoms. The van der Waals surface area contributed by atoms with Crippen molar-refractivity contribution in [3.05, 3.63) is 48.2 Å². The molecule has 1 aliphatic carbocycles. The Hall–Kier alpha value is -2.71. The van der Waals surface area contributed by atoms with E-state index in [4.69, 9.17) is 33.2 Å². The fraction of sp³-hybridized carbons (Fsp3) is 0.633. The average Bonchev–Trinajstić information content (AvgIpc) is 3.72. The van der Waals surface area contributed by atoms with Crippen LogP contribution in [0, 0.1) is 11.8 Å². The molecule has 4 heterocycles. The number of carbonyl (C=O) groups excluding carboxylic acids is 1. The Labute approximate surface area is 262 Å². The van der Waals surface area contributed by atoms with Crippen LogP contribution in [0.15, 0.2) is 42.7 Å². The third kappa shape index (κ3) is 5.93. The molecule has 16 heteroatoms. The number of esters is 1. The number of aromatic hydroxyl groups is 1. The fourth-order valence-corrected chi connectivity index (χ4v) is 6.64. The standard InChI is InChI=1S/C30H38O16/c1-12-19(35)25(43-17(34)7-4-13-2-5-14(33)6-3-13)23(39)29(41-12)44-24-15-8-9-40-27(18(15)30(11-32)26(24)46-30)45-28-22(38)21(37)20(36)16(10-31)42-28/h2-9,12,15-16,18-29,31-33,35-39H,10-11H2,1H3. The number of aliphatic hydroxyl groups excluding tert-OH is 7. The van der Waals surface area contributed by atoms with Gasteiger partial charge in [-0.2, -0.15) is 0 Å². The van der Waals surface area contributed by atoms with E-state index in [-0.39, 0.29) is 5.75 Å². The SMILES string of the molecule is CC1OC(OC2C3C=COC(OC4OC(CO)C(O)C(O)C4O)C3C3(CO)OC23)C(O)C(OC(=O)C=Cc2ccc(O)cc2)C1O. The van der Waals surface area contributed by atoms with Gasteiger partial charge in [-0.1, -0.05) is 12.1 Å². The normalized spacial score (nSPS) is 46.4. The van der Waals surface area contributed by atoms with Crippen molar-refractivity contribution in [2.24, 2.45) is 11.8 Å². The van der Waals surface area contributed by atoms with Gasteiger partial charge in [-0.25, -0.2) is 4.79 Å². The number of phenolic OH excluding ortho intramolecular Hbond substituents is 1. The molecule has 0 amide bonds. The maximum atomic E-state index is 12.6. The first-order valence-corrected chi connectivity index (χ1v) is 14.9. The van der Waals surface area contributed by atoms with Crippen LogP contribution < -0.4 is 0 Å². The van der Waals surface area contributed by atoms with E-state index in [1.54, 1.807) is 18.2 Å². The van der Waals surface area contributed by atoms with Gasteiger partial charge in [0.2, 0.25) is 6.29 Å². The minimum atomic E-state index is -1.70. The maximum absolute atomic E-state index is 12.6. The summed E-state index contributed by atoms with van der Waals surface area (Å²) in [6, 6.07) is 6.05. The molecule has 16 nitrogen and oxygen atoms in total. The molecule has 16 unspecified atom stereocenters. The lowest BCUT2D eigenvalue weighted by atomic mass is 9.85. The van der Waals surface area contributed by atoms with Gasteiger partial charge in [0.25, 0.3) is 0 Å². The summed E-state index contributed by atoms with van der Waals surface area (Å²) in [6.45, 7) is 0.370. The summed E-state index contributed by atoms with van der Waals surface area (Å²) in [5, 5.41) is 82.0. The first kappa shape index (κ1) is 33.2. The minimum absolute atomic E-state index is 0.0581. The lowest BCUT2D eigenvalue weighted by molar-refractivity contribution is -0.347. The molecule has 3 saturated heterocycles. The van der Waals surface area contributed by atoms with Gasteiger partial charge in [0.15, 0.2) is 18.7 Å². The van der Waals surface area contributed by atoms with Crippen LogP contribution in [-0.4, -0.2) is 146 Å². The van der Waals surface area contributed by atoms with Crippen LogP contribution in [0.25, 0.3) is 6.08 Å². The summed E-state index contributed by atoms with van der Waals surface area (Å²) in [7, 11) is 0. The highest BCUT2D eigenvalue weighted by Crippen LogP contribution is 2.61. The van der Waals surface area contributed by atoms with Gasteiger partial charge < -0.3 is 74.0 Å². The van der Waals surface area contributed by atoms with Crippen LogP contribution in [0.3, 0.4) is 0 Å². The van der Waals surface area contributed by atoms with E-state index in [0.717, 1.165) is 6.08 Å². The van der Waals surface area contributed by atoms with Gasteiger partial charge in [0.1, 0.15) is 54.1 Å². The summed E-state index contributed by atoms with van der Waals surface area (Å²) in [5.74, 6) is -2.12. The lowest BCUT2D eigenvalue weighted by Gasteiger charge is -2.44. The van der Waals surface area contributed by atoms with E-state index >= 15 is 0 Å². The third-order valence-corrected chi connectivity index (χ3v) is 9.23. The Kier molecular flexibility index (Phi) is 9.43. The van der Waals surface area contributed by atoms with Crippen molar-refractivity contribution in [3.8, 4) is 5.75 Å². The second-order valence-corrected chi connectivity index (χ2v) is 12.0. The van der Waals surface area contributed by atoms with Crippen molar-refractivity contribution in [2.75, 3.05) is 13.2 Å². The maximum Gasteiger partial charge on any atom is 0.331 e. The van der Waals surface area contributed by atoms with E-state index in [1.807, 2.05) is 0 Å². The van der Waals surface area contributed by atoms with Crippen molar-refractivity contribution in [1.29, 1.82) is 0 Å². The van der Waals surface area contributed by atoms with Crippen molar-refractivity contribution < 1.29 is 78.8 Å². The number of fused-ring (bicyclic) bond motifs is 3. The van der Waals surface area contributed by atoms with Crippen LogP contribution in [0.4, 0.5) is 0 Å². The number of aliphatic hydroxyl groups is 7. The molecule has 1 aromatic carbocycles. The molecule has 6 rings (SSSR count). The molecule has 1 aromatic rings. The van der Waals surface area contributed by atoms with Gasteiger partial charge in [0, 0.05) is 12.0 Å². The number of phenols is 1. The van der Waals surface area contributed by atoms with Crippen LogP contribution in [0.1, 0.15) is 12.5 Å². The summed E-state index contributed by atoms with van der Waals surface area (Å²) in [6.07, 6.45) is -11.8. The van der Waals surface area contributed by atoms with E-state index in [0.29, 0.717) is 5.56 Å². The Balaban J connectivity index is 1.15. The molecule has 0 bridgehead atoms. The highest BCUT2D eigenvalue weighted by Gasteiger charge is 2.77. The second-order valence-electron chi connectivity index (χ2n) is 12.0. The Morgan fingerprint density at radius 1 is 0.891 bits per heavy atom. The summed E-state index contributed by atoms with van der Waals surface area (Å²) in [4.78, 5) is 12.6. The second kappa shape index (κ2) is 13.1. The molecule has 16 atom stereocenters. The smallest absolute Gasteiger partial charge is 0.331 e. The summed E-state index contributed by atoms with van der Waals surface area (Å²) >= 11 is 0. The zero-order chi connectivity index (χ0) is 32.9. The summed E-state index contributed by atoms with van der Waals surface area (Å²) in [5.41, 5.74) is -0.627. The molecule has 5 aliphatic rings. The average molecular weight is 655 g/mol. The highest BCUT2D eigenvalue weighted by molar-refractivity contribution is 5.87. The Bertz CT molecular complexity index is 1290. The van der Waals surface area contributed by atoms with Crippen LogP contribution in [-0.2, 0) is 38.0 Å². The third-order valence-electron chi connectivity index (χ3n) is 9.23. The largest absolute Gasteiger partial charge is 0.508 e. The number of benzene rings is 1. The molecule has 0 aromatic heterocycles. The topological polar surface area (TPSA) is 247 Å². The van der Waals surface area contributed by atoms with Crippen molar-refractivity contribution in [2.45, 2.75) is 92.4 Å². The first-order chi connectivity index (χ1) is 22.0. The molecule has 1 saturated carbocycles. The lowest BCUT2D eigenvalue weighted by Crippen LogP contribution is -2.60. The minimum Gasteiger partial charge on any atom is -0.508 e. The van der Waals surface area contributed by atoms with Gasteiger partial charge in [0.05, 0.1) is 37.6 Å². The van der Waals surface area contributed by atoms with Crippen molar-refractivity contribution >= 4 is 12.0 Å². The van der Waals surface area contributed by atoms with E-state index in [1.165, 1.54) is 31.4 Å².